The summed E-state index contributed by atoms with van der Waals surface area (Å²) >= 11 is 0. The highest BCUT2D eigenvalue weighted by molar-refractivity contribution is 5.97. The van der Waals surface area contributed by atoms with Gasteiger partial charge in [0.2, 0.25) is 0 Å². The molecule has 0 fully saturated rings. The van der Waals surface area contributed by atoms with E-state index in [9.17, 15) is 9.50 Å². The summed E-state index contributed by atoms with van der Waals surface area (Å²) in [7, 11) is 4.00. The van der Waals surface area contributed by atoms with Gasteiger partial charge in [0.05, 0.1) is 17.4 Å². The fourth-order valence-corrected chi connectivity index (χ4v) is 5.24. The van der Waals surface area contributed by atoms with Crippen molar-refractivity contribution in [2.24, 2.45) is 0 Å². The average Bonchev–Trinajstić information content (AvgIpc) is 3.63. The van der Waals surface area contributed by atoms with E-state index < -0.39 is 6.23 Å². The quantitative estimate of drug-likeness (QED) is 0.105. The van der Waals surface area contributed by atoms with Gasteiger partial charge in [-0.05, 0) is 80.5 Å². The van der Waals surface area contributed by atoms with Crippen LogP contribution in [0, 0.1) is 5.82 Å². The highest BCUT2D eigenvalue weighted by Crippen LogP contribution is 2.34. The maximum atomic E-state index is 14.7. The summed E-state index contributed by atoms with van der Waals surface area (Å²) in [5.41, 5.74) is 7.50. The Labute approximate surface area is 254 Å². The van der Waals surface area contributed by atoms with Crippen molar-refractivity contribution in [3.8, 4) is 33.8 Å². The van der Waals surface area contributed by atoms with Crippen LogP contribution in [-0.2, 0) is 0 Å². The Kier molecular flexibility index (Phi) is 8.49. The van der Waals surface area contributed by atoms with Gasteiger partial charge < -0.3 is 25.6 Å². The molecule has 6 rings (SSSR count). The molecule has 11 heteroatoms. The Balaban J connectivity index is 1.32. The summed E-state index contributed by atoms with van der Waals surface area (Å²) in [5.74, 6) is 0.224. The number of hydrogen-bond donors (Lipinski definition) is 5. The molecule has 4 heterocycles. The molecular formula is C33H36FN9O. The lowest BCUT2D eigenvalue weighted by molar-refractivity contribution is 0.190. The molecule has 5 N–H and O–H groups in total. The largest absolute Gasteiger partial charge is 0.384 e. The Bertz CT molecular complexity index is 1900. The number of aliphatic hydroxyl groups is 1. The first kappa shape index (κ1) is 29.2. The number of fused-ring (bicyclic) bond motifs is 2. The van der Waals surface area contributed by atoms with Crippen molar-refractivity contribution in [1.82, 2.24) is 35.0 Å². The fourth-order valence-electron chi connectivity index (χ4n) is 5.24. The van der Waals surface area contributed by atoms with Gasteiger partial charge in [-0.25, -0.2) is 14.4 Å². The molecule has 0 spiro atoms. The number of pyridine rings is 2. The minimum Gasteiger partial charge on any atom is -0.384 e. The Hall–Kier alpha value is -4.87. The lowest BCUT2D eigenvalue weighted by Crippen LogP contribution is -2.20. The second-order valence-corrected chi connectivity index (χ2v) is 11.2. The Morgan fingerprint density at radius 1 is 1.00 bits per heavy atom. The zero-order valence-electron chi connectivity index (χ0n) is 25.0. The molecular weight excluding hydrogens is 557 g/mol. The Morgan fingerprint density at radius 3 is 2.70 bits per heavy atom. The molecule has 0 aliphatic carbocycles. The first-order valence-electron chi connectivity index (χ1n) is 14.8. The van der Waals surface area contributed by atoms with Crippen LogP contribution in [0.3, 0.4) is 0 Å². The standard InChI is InChI=1S/C33H36FN9O/c1-4-5-6-29(44)38-25-15-22(18-35-19-25)20-7-8-28-27(16-20)31(42-41-28)33-39-30-26(9-10-37-32(30)40-33)21-13-23(34)17-24(14-21)36-11-12-43(2)3/h7-10,13-19,29,36,38,44H,4-6,11-12H2,1-3H3,(H,41,42)(H,37,39,40). The molecule has 6 aromatic rings. The lowest BCUT2D eigenvalue weighted by atomic mass is 10.0. The second kappa shape index (κ2) is 12.8. The first-order chi connectivity index (χ1) is 21.4. The maximum Gasteiger partial charge on any atom is 0.160 e. The molecule has 0 saturated heterocycles. The van der Waals surface area contributed by atoms with E-state index in [1.54, 1.807) is 18.6 Å². The number of likely N-dealkylation sites (N-methyl/N-ethyl adjacent to an activating group) is 1. The van der Waals surface area contributed by atoms with Crippen LogP contribution in [0.15, 0.2) is 67.1 Å². The molecule has 0 aliphatic rings. The van der Waals surface area contributed by atoms with Crippen LogP contribution in [0.2, 0.25) is 0 Å². The van der Waals surface area contributed by atoms with Crippen LogP contribution >= 0.6 is 0 Å². The van der Waals surface area contributed by atoms with Crippen molar-refractivity contribution < 1.29 is 9.50 Å². The monoisotopic (exact) mass is 593 g/mol. The summed E-state index contributed by atoms with van der Waals surface area (Å²) in [6, 6.07) is 14.8. The number of halogens is 1. The van der Waals surface area contributed by atoms with Crippen LogP contribution in [-0.4, -0.2) is 73.6 Å². The molecule has 0 saturated carbocycles. The number of anilines is 2. The van der Waals surface area contributed by atoms with Crippen LogP contribution in [0.4, 0.5) is 15.8 Å². The minimum atomic E-state index is -0.625. The number of aliphatic hydroxyl groups excluding tert-OH is 1. The van der Waals surface area contributed by atoms with E-state index in [-0.39, 0.29) is 5.82 Å². The van der Waals surface area contributed by atoms with Crippen molar-refractivity contribution in [2.45, 2.75) is 32.4 Å². The first-order valence-corrected chi connectivity index (χ1v) is 14.8. The second-order valence-electron chi connectivity index (χ2n) is 11.2. The van der Waals surface area contributed by atoms with Crippen LogP contribution < -0.4 is 10.6 Å². The van der Waals surface area contributed by atoms with E-state index in [4.69, 9.17) is 4.98 Å². The summed E-state index contributed by atoms with van der Waals surface area (Å²) in [4.78, 5) is 19.2. The zero-order chi connectivity index (χ0) is 30.6. The molecule has 1 atom stereocenters. The van der Waals surface area contributed by atoms with E-state index in [1.165, 1.54) is 12.1 Å². The number of H-pyrrole nitrogens is 2. The normalized spacial score (nSPS) is 12.3. The molecule has 44 heavy (non-hydrogen) atoms. The third-order valence-corrected chi connectivity index (χ3v) is 7.50. The van der Waals surface area contributed by atoms with Gasteiger partial charge in [-0.2, -0.15) is 5.10 Å². The summed E-state index contributed by atoms with van der Waals surface area (Å²) in [6.45, 7) is 3.62. The van der Waals surface area contributed by atoms with Crippen molar-refractivity contribution >= 4 is 33.4 Å². The smallest absolute Gasteiger partial charge is 0.160 e. The number of rotatable bonds is 12. The van der Waals surface area contributed by atoms with Gasteiger partial charge in [0.15, 0.2) is 11.5 Å². The number of unbranched alkanes of at least 4 members (excludes halogenated alkanes) is 1. The van der Waals surface area contributed by atoms with Crippen molar-refractivity contribution in [1.29, 1.82) is 0 Å². The SMILES string of the molecule is CCCCC(O)Nc1cncc(-c2ccc3[nH]nc(-c4nc5c(-c6cc(F)cc(NCCN(C)C)c6)ccnc5[nH]4)c3c2)c1. The summed E-state index contributed by atoms with van der Waals surface area (Å²) < 4.78 is 14.7. The number of nitrogens with one attached hydrogen (secondary N) is 4. The number of aromatic amines is 2. The van der Waals surface area contributed by atoms with Crippen molar-refractivity contribution in [3.05, 3.63) is 72.9 Å². The average molecular weight is 594 g/mol. The Morgan fingerprint density at radius 2 is 1.86 bits per heavy atom. The topological polar surface area (TPSA) is 131 Å². The van der Waals surface area contributed by atoms with Gasteiger partial charge in [-0.1, -0.05) is 19.4 Å². The summed E-state index contributed by atoms with van der Waals surface area (Å²) in [6.07, 6.45) is 7.21. The summed E-state index contributed by atoms with van der Waals surface area (Å²) in [5, 5.41) is 25.3. The minimum absolute atomic E-state index is 0.328. The third-order valence-electron chi connectivity index (χ3n) is 7.50. The van der Waals surface area contributed by atoms with Crippen molar-refractivity contribution in [2.75, 3.05) is 37.8 Å². The fraction of sp³-hybridized carbons (Fsp3) is 0.273. The number of aromatic nitrogens is 6. The van der Waals surface area contributed by atoms with Gasteiger partial charge in [0, 0.05) is 47.7 Å². The van der Waals surface area contributed by atoms with E-state index >= 15 is 0 Å². The molecule has 0 aliphatic heterocycles. The molecule has 0 radical (unpaired) electrons. The number of benzene rings is 2. The molecule has 0 amide bonds. The maximum absolute atomic E-state index is 14.7. The van der Waals surface area contributed by atoms with Gasteiger partial charge in [0.25, 0.3) is 0 Å². The molecule has 1 unspecified atom stereocenters. The molecule has 10 nitrogen and oxygen atoms in total. The third kappa shape index (κ3) is 6.38. The van der Waals surface area contributed by atoms with Crippen LogP contribution in [0.5, 0.6) is 0 Å². The van der Waals surface area contributed by atoms with Gasteiger partial charge in [-0.3, -0.25) is 10.1 Å². The lowest BCUT2D eigenvalue weighted by Gasteiger charge is -2.14. The van der Waals surface area contributed by atoms with E-state index in [1.807, 2.05) is 50.5 Å². The van der Waals surface area contributed by atoms with Crippen LogP contribution in [0.1, 0.15) is 26.2 Å². The van der Waals surface area contributed by atoms with E-state index in [2.05, 4.69) is 47.6 Å². The number of nitrogens with zero attached hydrogens (tertiary/aromatic N) is 5. The molecule has 0 bridgehead atoms. The highest BCUT2D eigenvalue weighted by Gasteiger charge is 2.17. The predicted molar refractivity (Wildman–Crippen MR) is 174 cm³/mol. The predicted octanol–water partition coefficient (Wildman–Crippen LogP) is 6.26. The molecule has 2 aromatic carbocycles. The van der Waals surface area contributed by atoms with Crippen LogP contribution in [0.25, 0.3) is 55.8 Å². The van der Waals surface area contributed by atoms with Gasteiger partial charge >= 0.3 is 0 Å². The molecule has 4 aromatic heterocycles. The van der Waals surface area contributed by atoms with Gasteiger partial charge in [0.1, 0.15) is 23.3 Å². The van der Waals surface area contributed by atoms with Gasteiger partial charge in [-0.15, -0.1) is 0 Å². The highest BCUT2D eigenvalue weighted by atomic mass is 19.1. The number of hydrogen-bond acceptors (Lipinski definition) is 8. The van der Waals surface area contributed by atoms with E-state index in [0.29, 0.717) is 46.9 Å². The zero-order valence-corrected chi connectivity index (χ0v) is 25.0. The number of imidazole rings is 1. The van der Waals surface area contributed by atoms with Crippen molar-refractivity contribution in [3.63, 3.8) is 0 Å². The van der Waals surface area contributed by atoms with E-state index in [0.717, 1.165) is 52.7 Å². The molecule has 226 valence electrons.